The Morgan fingerprint density at radius 3 is 2.84 bits per heavy atom. The molecule has 1 aromatic heterocycles. The SMILES string of the molecule is Cc1ccccc1CC(C)NC(=O)c1nc(N)n[nH]1. The number of hydrogen-bond acceptors (Lipinski definition) is 4. The van der Waals surface area contributed by atoms with Gasteiger partial charge in [-0.05, 0) is 31.4 Å². The summed E-state index contributed by atoms with van der Waals surface area (Å²) in [7, 11) is 0. The van der Waals surface area contributed by atoms with Gasteiger partial charge in [0.15, 0.2) is 0 Å². The van der Waals surface area contributed by atoms with Crippen LogP contribution in [0.4, 0.5) is 5.95 Å². The first-order chi connectivity index (χ1) is 9.06. The first-order valence-electron chi connectivity index (χ1n) is 6.09. The summed E-state index contributed by atoms with van der Waals surface area (Å²) in [5.41, 5.74) is 7.79. The summed E-state index contributed by atoms with van der Waals surface area (Å²) in [6, 6.07) is 8.11. The van der Waals surface area contributed by atoms with Gasteiger partial charge in [-0.25, -0.2) is 0 Å². The number of amides is 1. The Bertz CT molecular complexity index is 578. The zero-order valence-electron chi connectivity index (χ0n) is 11.0. The van der Waals surface area contributed by atoms with E-state index < -0.39 is 0 Å². The molecular formula is C13H17N5O. The van der Waals surface area contributed by atoms with Gasteiger partial charge in [-0.15, -0.1) is 5.10 Å². The van der Waals surface area contributed by atoms with Crippen molar-refractivity contribution in [3.8, 4) is 0 Å². The lowest BCUT2D eigenvalue weighted by Gasteiger charge is -2.14. The third kappa shape index (κ3) is 3.31. The Morgan fingerprint density at radius 1 is 1.47 bits per heavy atom. The molecule has 0 aliphatic carbocycles. The molecule has 2 aromatic rings. The van der Waals surface area contributed by atoms with Crippen molar-refractivity contribution in [2.75, 3.05) is 5.73 Å². The van der Waals surface area contributed by atoms with Crippen LogP contribution in [0.15, 0.2) is 24.3 Å². The highest BCUT2D eigenvalue weighted by molar-refractivity contribution is 5.90. The third-order valence-corrected chi connectivity index (χ3v) is 2.88. The van der Waals surface area contributed by atoms with Crippen molar-refractivity contribution in [3.05, 3.63) is 41.2 Å². The van der Waals surface area contributed by atoms with Crippen LogP contribution in [0.5, 0.6) is 0 Å². The average Bonchev–Trinajstić information content (AvgIpc) is 2.79. The molecule has 1 heterocycles. The number of aryl methyl sites for hydroxylation is 1. The van der Waals surface area contributed by atoms with Gasteiger partial charge in [0.25, 0.3) is 5.91 Å². The third-order valence-electron chi connectivity index (χ3n) is 2.88. The number of carbonyl (C=O) groups is 1. The van der Waals surface area contributed by atoms with Crippen LogP contribution in [-0.4, -0.2) is 27.1 Å². The molecule has 0 aliphatic rings. The molecule has 1 atom stereocenters. The molecule has 0 spiro atoms. The summed E-state index contributed by atoms with van der Waals surface area (Å²) in [6.07, 6.45) is 0.766. The first-order valence-corrected chi connectivity index (χ1v) is 6.09. The normalized spacial score (nSPS) is 12.1. The smallest absolute Gasteiger partial charge is 0.288 e. The predicted molar refractivity (Wildman–Crippen MR) is 72.6 cm³/mol. The fourth-order valence-electron chi connectivity index (χ4n) is 1.89. The van der Waals surface area contributed by atoms with Gasteiger partial charge in [0.05, 0.1) is 0 Å². The number of anilines is 1. The standard InChI is InChI=1S/C13H17N5O/c1-8-5-3-4-6-10(8)7-9(2)15-12(19)11-16-13(14)18-17-11/h3-6,9H,7H2,1-2H3,(H,15,19)(H3,14,16,17,18). The van der Waals surface area contributed by atoms with E-state index in [4.69, 9.17) is 5.73 Å². The number of benzene rings is 1. The second-order valence-electron chi connectivity index (χ2n) is 4.55. The second kappa shape index (κ2) is 5.51. The largest absolute Gasteiger partial charge is 0.366 e. The van der Waals surface area contributed by atoms with Crippen molar-refractivity contribution in [3.63, 3.8) is 0 Å². The van der Waals surface area contributed by atoms with Crippen molar-refractivity contribution >= 4 is 11.9 Å². The number of H-pyrrole nitrogens is 1. The molecular weight excluding hydrogens is 242 g/mol. The number of nitrogens with one attached hydrogen (secondary N) is 2. The maximum absolute atomic E-state index is 11.8. The number of rotatable bonds is 4. The van der Waals surface area contributed by atoms with Crippen molar-refractivity contribution in [2.24, 2.45) is 0 Å². The minimum absolute atomic E-state index is 0.0000699. The average molecular weight is 259 g/mol. The molecule has 6 heteroatoms. The number of nitrogen functional groups attached to an aromatic ring is 1. The van der Waals surface area contributed by atoms with Gasteiger partial charge in [-0.1, -0.05) is 24.3 Å². The van der Waals surface area contributed by atoms with Gasteiger partial charge >= 0.3 is 0 Å². The highest BCUT2D eigenvalue weighted by Crippen LogP contribution is 2.09. The van der Waals surface area contributed by atoms with Crippen molar-refractivity contribution in [1.82, 2.24) is 20.5 Å². The maximum Gasteiger partial charge on any atom is 0.288 e. The fourth-order valence-corrected chi connectivity index (χ4v) is 1.89. The summed E-state index contributed by atoms with van der Waals surface area (Å²) in [5.74, 6) is -0.101. The molecule has 6 nitrogen and oxygen atoms in total. The number of hydrogen-bond donors (Lipinski definition) is 3. The van der Waals surface area contributed by atoms with Crippen LogP contribution < -0.4 is 11.1 Å². The van der Waals surface area contributed by atoms with E-state index in [0.29, 0.717) is 0 Å². The van der Waals surface area contributed by atoms with Crippen molar-refractivity contribution in [2.45, 2.75) is 26.3 Å². The van der Waals surface area contributed by atoms with Gasteiger partial charge in [0, 0.05) is 6.04 Å². The Kier molecular flexibility index (Phi) is 3.79. The van der Waals surface area contributed by atoms with Crippen molar-refractivity contribution < 1.29 is 4.79 Å². The highest BCUT2D eigenvalue weighted by Gasteiger charge is 2.14. The van der Waals surface area contributed by atoms with Gasteiger partial charge in [-0.3, -0.25) is 9.89 Å². The zero-order valence-corrected chi connectivity index (χ0v) is 11.0. The molecule has 1 aromatic carbocycles. The van der Waals surface area contributed by atoms with Gasteiger partial charge in [0.1, 0.15) is 0 Å². The molecule has 0 saturated heterocycles. The molecule has 100 valence electrons. The molecule has 0 saturated carbocycles. The Balaban J connectivity index is 1.96. The molecule has 4 N–H and O–H groups in total. The van der Waals surface area contributed by atoms with E-state index in [1.54, 1.807) is 0 Å². The quantitative estimate of drug-likeness (QED) is 0.764. The molecule has 0 bridgehead atoms. The number of nitrogens with two attached hydrogens (primary N) is 1. The predicted octanol–water partition coefficient (Wildman–Crippen LogP) is 1.06. The number of carbonyl (C=O) groups excluding carboxylic acids is 1. The fraction of sp³-hybridized carbons (Fsp3) is 0.308. The van der Waals surface area contributed by atoms with E-state index in [1.165, 1.54) is 11.1 Å². The van der Waals surface area contributed by atoms with E-state index in [-0.39, 0.29) is 23.7 Å². The van der Waals surface area contributed by atoms with Crippen LogP contribution in [0, 0.1) is 6.92 Å². The second-order valence-corrected chi connectivity index (χ2v) is 4.55. The van der Waals surface area contributed by atoms with E-state index in [9.17, 15) is 4.79 Å². The van der Waals surface area contributed by atoms with Crippen LogP contribution in [0.1, 0.15) is 28.7 Å². The number of nitrogens with zero attached hydrogens (tertiary/aromatic N) is 2. The van der Waals surface area contributed by atoms with Crippen LogP contribution in [0.25, 0.3) is 0 Å². The van der Waals surface area contributed by atoms with E-state index in [2.05, 4.69) is 39.6 Å². The summed E-state index contributed by atoms with van der Waals surface area (Å²) >= 11 is 0. The Hall–Kier alpha value is -2.37. The molecule has 19 heavy (non-hydrogen) atoms. The molecule has 0 radical (unpaired) electrons. The molecule has 2 rings (SSSR count). The van der Waals surface area contributed by atoms with E-state index in [1.807, 2.05) is 19.1 Å². The summed E-state index contributed by atoms with van der Waals surface area (Å²) in [4.78, 5) is 15.6. The highest BCUT2D eigenvalue weighted by atomic mass is 16.2. The lowest BCUT2D eigenvalue weighted by atomic mass is 10.0. The van der Waals surface area contributed by atoms with Gasteiger partial charge in [-0.2, -0.15) is 4.98 Å². The lowest BCUT2D eigenvalue weighted by Crippen LogP contribution is -2.34. The van der Waals surface area contributed by atoms with Gasteiger partial charge in [0.2, 0.25) is 11.8 Å². The lowest BCUT2D eigenvalue weighted by molar-refractivity contribution is 0.0930. The summed E-state index contributed by atoms with van der Waals surface area (Å²) < 4.78 is 0. The molecule has 1 amide bonds. The summed E-state index contributed by atoms with van der Waals surface area (Å²) in [6.45, 7) is 4.01. The molecule has 0 fully saturated rings. The van der Waals surface area contributed by atoms with Crippen LogP contribution in [0.2, 0.25) is 0 Å². The van der Waals surface area contributed by atoms with E-state index in [0.717, 1.165) is 6.42 Å². The summed E-state index contributed by atoms with van der Waals surface area (Å²) in [5, 5.41) is 8.97. The van der Waals surface area contributed by atoms with Gasteiger partial charge < -0.3 is 11.1 Å². The topological polar surface area (TPSA) is 96.7 Å². The monoisotopic (exact) mass is 259 g/mol. The number of aromatic nitrogens is 3. The van der Waals surface area contributed by atoms with Crippen LogP contribution in [0.3, 0.4) is 0 Å². The Morgan fingerprint density at radius 2 is 2.21 bits per heavy atom. The minimum atomic E-state index is -0.301. The van der Waals surface area contributed by atoms with Crippen LogP contribution >= 0.6 is 0 Å². The zero-order chi connectivity index (χ0) is 13.8. The minimum Gasteiger partial charge on any atom is -0.366 e. The molecule has 1 unspecified atom stereocenters. The first kappa shape index (κ1) is 13.1. The van der Waals surface area contributed by atoms with Crippen molar-refractivity contribution in [1.29, 1.82) is 0 Å². The number of aromatic amines is 1. The Labute approximate surface area is 111 Å². The van der Waals surface area contributed by atoms with Crippen LogP contribution in [-0.2, 0) is 6.42 Å². The van der Waals surface area contributed by atoms with E-state index >= 15 is 0 Å². The maximum atomic E-state index is 11.8. The molecule has 0 aliphatic heterocycles.